The van der Waals surface area contributed by atoms with Gasteiger partial charge >= 0.3 is 5.97 Å². The molecule has 2 aliphatic rings. The molecule has 0 spiro atoms. The summed E-state index contributed by atoms with van der Waals surface area (Å²) >= 11 is 0. The van der Waals surface area contributed by atoms with Gasteiger partial charge in [0.15, 0.2) is 0 Å². The maximum atomic E-state index is 11.6. The Morgan fingerprint density at radius 1 is 1.10 bits per heavy atom. The van der Waals surface area contributed by atoms with Crippen molar-refractivity contribution in [2.24, 2.45) is 0 Å². The van der Waals surface area contributed by atoms with Crippen LogP contribution in [0.4, 0.5) is 0 Å². The quantitative estimate of drug-likeness (QED) is 0.499. The van der Waals surface area contributed by atoms with Gasteiger partial charge in [-0.25, -0.2) is 5.06 Å². The maximum Gasteiger partial charge on any atom is 0.306 e. The van der Waals surface area contributed by atoms with Crippen molar-refractivity contribution in [3.63, 3.8) is 0 Å². The minimum absolute atomic E-state index is 0. The minimum atomic E-state index is -0.225. The molecule has 0 unspecified atom stereocenters. The number of carbonyl (C=O) groups is 1. The van der Waals surface area contributed by atoms with Crippen LogP contribution in [0.25, 0.3) is 0 Å². The fourth-order valence-electron chi connectivity index (χ4n) is 3.25. The summed E-state index contributed by atoms with van der Waals surface area (Å²) in [6.45, 7) is 6.01. The third-order valence-electron chi connectivity index (χ3n) is 4.99. The molecule has 2 heterocycles. The second-order valence-electron chi connectivity index (χ2n) is 7.23. The first-order valence-corrected chi connectivity index (χ1v) is 10.4. The predicted molar refractivity (Wildman–Crippen MR) is 108 cm³/mol. The Balaban J connectivity index is 0.000000394. The summed E-state index contributed by atoms with van der Waals surface area (Å²) in [5, 5.41) is 19.2. The molecule has 1 fully saturated rings. The predicted octanol–water partition coefficient (Wildman–Crippen LogP) is 3.69. The molecule has 0 saturated carbocycles. The van der Waals surface area contributed by atoms with E-state index in [4.69, 9.17) is 9.84 Å². The number of β-amino-alcohol motifs (C(OH)–C–C–N with tert-alkyl or cyclic N) is 1. The van der Waals surface area contributed by atoms with Crippen LogP contribution in [0.3, 0.4) is 0 Å². The first-order chi connectivity index (χ1) is 13.7. The number of likely N-dealkylation sites (tertiary alicyclic amines) is 1. The second-order valence-corrected chi connectivity index (χ2v) is 7.23. The van der Waals surface area contributed by atoms with E-state index in [-0.39, 0.29) is 38.7 Å². The number of rotatable bonds is 10. The molecule has 1 aromatic rings. The Hall–Kier alpha value is -0.786. The van der Waals surface area contributed by atoms with E-state index < -0.39 is 0 Å². The Bertz CT molecular complexity index is 618. The average molecular weight is 479 g/mol. The van der Waals surface area contributed by atoms with Gasteiger partial charge in [0.2, 0.25) is 0 Å². The van der Waals surface area contributed by atoms with Crippen molar-refractivity contribution in [1.29, 1.82) is 0 Å². The van der Waals surface area contributed by atoms with Crippen molar-refractivity contribution in [3.05, 3.63) is 47.3 Å². The number of aliphatic hydroxyl groups excluding tert-OH is 1. The van der Waals surface area contributed by atoms with Gasteiger partial charge in [0, 0.05) is 45.7 Å². The van der Waals surface area contributed by atoms with E-state index >= 15 is 0 Å². The Morgan fingerprint density at radius 2 is 1.76 bits per heavy atom. The Morgan fingerprint density at radius 3 is 2.38 bits per heavy atom. The number of benzene rings is 1. The van der Waals surface area contributed by atoms with Crippen LogP contribution in [0, 0.1) is 0 Å². The molecule has 0 atom stereocenters. The van der Waals surface area contributed by atoms with Gasteiger partial charge in [0.05, 0.1) is 24.4 Å². The summed E-state index contributed by atoms with van der Waals surface area (Å²) in [5.41, 5.74) is 2.84. The molecule has 2 N–H and O–H groups in total. The number of hydrogen-bond donors (Lipinski definition) is 2. The summed E-state index contributed by atoms with van der Waals surface area (Å²) < 4.78 is 5.20. The molecule has 0 aliphatic carbocycles. The van der Waals surface area contributed by atoms with E-state index in [2.05, 4.69) is 11.8 Å². The molecule has 7 heteroatoms. The molecule has 0 amide bonds. The summed E-state index contributed by atoms with van der Waals surface area (Å²) in [6, 6.07) is 9.62. The molecule has 1 aromatic carbocycles. The number of nitrogens with zero attached hydrogens (tertiary/aromatic N) is 2. The van der Waals surface area contributed by atoms with Gasteiger partial charge in [-0.3, -0.25) is 10.0 Å². The average Bonchev–Trinajstić information content (AvgIpc) is 3.07. The van der Waals surface area contributed by atoms with Crippen molar-refractivity contribution < 1.29 is 52.6 Å². The summed E-state index contributed by atoms with van der Waals surface area (Å²) in [5.74, 6) is -0.225. The molecule has 2 aliphatic heterocycles. The summed E-state index contributed by atoms with van der Waals surface area (Å²) in [7, 11) is 0. The maximum absolute atomic E-state index is 11.6. The fraction of sp³-hybridized carbons (Fsp3) is 0.591. The second kappa shape index (κ2) is 15.1. The van der Waals surface area contributed by atoms with Crippen molar-refractivity contribution in [2.75, 3.05) is 26.2 Å². The van der Waals surface area contributed by atoms with Crippen molar-refractivity contribution in [2.45, 2.75) is 58.5 Å². The van der Waals surface area contributed by atoms with Gasteiger partial charge in [-0.15, -0.1) is 0 Å². The largest absolute Gasteiger partial charge is 0.461 e. The van der Waals surface area contributed by atoms with E-state index in [0.717, 1.165) is 42.8 Å². The van der Waals surface area contributed by atoms with Gasteiger partial charge in [-0.2, -0.15) is 0 Å². The number of hydrogen-bond acceptors (Lipinski definition) is 6. The molecule has 0 aromatic heterocycles. The number of allylic oxidation sites excluding steroid dienone is 2. The molecule has 159 valence electrons. The monoisotopic (exact) mass is 479 g/mol. The van der Waals surface area contributed by atoms with Crippen molar-refractivity contribution in [1.82, 2.24) is 9.96 Å². The van der Waals surface area contributed by atoms with Gasteiger partial charge in [0.25, 0.3) is 0 Å². The zero-order valence-electron chi connectivity index (χ0n) is 17.6. The third-order valence-corrected chi connectivity index (χ3v) is 4.99. The van der Waals surface area contributed by atoms with Crippen LogP contribution in [0.2, 0.25) is 0 Å². The van der Waals surface area contributed by atoms with Gasteiger partial charge < -0.3 is 14.7 Å². The molecule has 1 saturated heterocycles. The van der Waals surface area contributed by atoms with Crippen LogP contribution >= 0.6 is 0 Å². The molecular weight excluding hydrogens is 445 g/mol. The summed E-state index contributed by atoms with van der Waals surface area (Å²) in [6.07, 6.45) is 6.57. The van der Waals surface area contributed by atoms with Gasteiger partial charge in [-0.1, -0.05) is 43.7 Å². The number of aliphatic hydroxyl groups is 1. The van der Waals surface area contributed by atoms with Crippen LogP contribution in [0.5, 0.6) is 0 Å². The van der Waals surface area contributed by atoms with Gasteiger partial charge in [-0.05, 0) is 44.3 Å². The number of carbonyl (C=O) groups excluding carboxylic acids is 1. The molecule has 3 rings (SSSR count). The van der Waals surface area contributed by atoms with E-state index in [9.17, 15) is 10.0 Å². The van der Waals surface area contributed by atoms with Crippen LogP contribution in [-0.4, -0.2) is 52.5 Å². The zero-order chi connectivity index (χ0) is 20.2. The fourth-order valence-corrected chi connectivity index (χ4v) is 3.25. The SMILES string of the molecule is CCCCC1=C(CCC(=O)OCc2ccccc2)N1O.OCCN1CCCC1.[Y]. The number of hydroxylamine groups is 2. The molecule has 1 radical (unpaired) electrons. The number of ether oxygens (including phenoxy) is 1. The topological polar surface area (TPSA) is 73.0 Å². The smallest absolute Gasteiger partial charge is 0.306 e. The van der Waals surface area contributed by atoms with Crippen LogP contribution < -0.4 is 0 Å². The third kappa shape index (κ3) is 10.2. The molecule has 29 heavy (non-hydrogen) atoms. The first kappa shape index (κ1) is 26.2. The molecule has 6 nitrogen and oxygen atoms in total. The number of esters is 1. The molecular formula is C22H34N2O4Y. The minimum Gasteiger partial charge on any atom is -0.461 e. The van der Waals surface area contributed by atoms with Gasteiger partial charge in [0.1, 0.15) is 6.61 Å². The Kier molecular flexibility index (Phi) is 13.7. The van der Waals surface area contributed by atoms with Crippen LogP contribution in [0.15, 0.2) is 41.7 Å². The number of unbranched alkanes of at least 4 members (excludes halogenated alkanes) is 1. The van der Waals surface area contributed by atoms with Crippen LogP contribution in [-0.2, 0) is 48.8 Å². The normalized spacial score (nSPS) is 15.5. The van der Waals surface area contributed by atoms with Crippen molar-refractivity contribution in [3.8, 4) is 0 Å². The standard InChI is InChI=1S/C16H21NO3.C6H13NO.Y/c1-2-3-9-14-15(17(14)19)10-11-16(18)20-12-13-7-5-4-6-8-13;8-6-5-7-3-1-2-4-7;/h4-8,19H,2-3,9-12H2,1H3;8H,1-6H2;. The van der Waals surface area contributed by atoms with E-state index in [1.54, 1.807) is 0 Å². The van der Waals surface area contributed by atoms with E-state index in [0.29, 0.717) is 26.1 Å². The zero-order valence-corrected chi connectivity index (χ0v) is 20.4. The van der Waals surface area contributed by atoms with E-state index in [1.807, 2.05) is 30.3 Å². The summed E-state index contributed by atoms with van der Waals surface area (Å²) in [4.78, 5) is 13.9. The van der Waals surface area contributed by atoms with E-state index in [1.165, 1.54) is 31.0 Å². The molecule has 0 bridgehead atoms. The first-order valence-electron chi connectivity index (χ1n) is 10.4. The van der Waals surface area contributed by atoms with Crippen LogP contribution in [0.1, 0.15) is 57.4 Å². The Labute approximate surface area is 199 Å². The van der Waals surface area contributed by atoms with Crippen molar-refractivity contribution >= 4 is 5.97 Å².